The van der Waals surface area contributed by atoms with Crippen LogP contribution in [0.2, 0.25) is 0 Å². The third-order valence-electron chi connectivity index (χ3n) is 2.73. The molecule has 17 heavy (non-hydrogen) atoms. The van der Waals surface area contributed by atoms with Gasteiger partial charge in [-0.15, -0.1) is 0 Å². The Labute approximate surface area is 97.7 Å². The molecule has 0 aliphatic carbocycles. The molecular formula is C14H8NO2. The Morgan fingerprint density at radius 1 is 1.06 bits per heavy atom. The molecule has 3 aromatic rings. The van der Waals surface area contributed by atoms with Crippen LogP contribution in [-0.4, -0.2) is 11.5 Å². The number of benzene rings is 2. The average Bonchev–Trinajstić information content (AvgIpc) is 2.39. The summed E-state index contributed by atoms with van der Waals surface area (Å²) in [7, 11) is 0. The van der Waals surface area contributed by atoms with Crippen LogP contribution in [-0.2, 0) is 4.79 Å². The number of carbonyl (C=O) groups excluding carboxylic acids is 1. The van der Waals surface area contributed by atoms with Crippen LogP contribution in [0.3, 0.4) is 0 Å². The van der Waals surface area contributed by atoms with Gasteiger partial charge in [-0.25, -0.2) is 4.79 Å². The molecule has 0 saturated carbocycles. The summed E-state index contributed by atoms with van der Waals surface area (Å²) in [5.74, 6) is 0.488. The molecule has 0 unspecified atom stereocenters. The molecule has 0 spiro atoms. The van der Waals surface area contributed by atoms with Crippen molar-refractivity contribution in [3.63, 3.8) is 0 Å². The van der Waals surface area contributed by atoms with Gasteiger partial charge in [0.05, 0.1) is 10.9 Å². The molecule has 0 fully saturated rings. The Kier molecular flexibility index (Phi) is 2.22. The van der Waals surface area contributed by atoms with Gasteiger partial charge in [0.2, 0.25) is 0 Å². The Morgan fingerprint density at radius 2 is 1.94 bits per heavy atom. The SMILES string of the molecule is O=[C]Oc1cccc2ncc3ccccc3c12. The van der Waals surface area contributed by atoms with Crippen molar-refractivity contribution in [2.45, 2.75) is 0 Å². The van der Waals surface area contributed by atoms with Crippen LogP contribution < -0.4 is 4.74 Å². The Morgan fingerprint density at radius 3 is 2.82 bits per heavy atom. The zero-order valence-electron chi connectivity index (χ0n) is 8.88. The summed E-state index contributed by atoms with van der Waals surface area (Å²) in [6.07, 6.45) is 1.81. The van der Waals surface area contributed by atoms with Gasteiger partial charge in [-0.3, -0.25) is 4.98 Å². The van der Waals surface area contributed by atoms with Crippen LogP contribution in [0.25, 0.3) is 21.7 Å². The second-order valence-corrected chi connectivity index (χ2v) is 3.68. The van der Waals surface area contributed by atoms with Crippen LogP contribution in [0.15, 0.2) is 48.7 Å². The molecule has 1 heterocycles. The minimum atomic E-state index is 0.488. The fourth-order valence-corrected chi connectivity index (χ4v) is 2.00. The first-order chi connectivity index (χ1) is 8.40. The van der Waals surface area contributed by atoms with E-state index in [0.29, 0.717) is 5.75 Å². The number of pyridine rings is 1. The van der Waals surface area contributed by atoms with E-state index >= 15 is 0 Å². The Bertz CT molecular complexity index is 707. The standard InChI is InChI=1S/C14H8NO2/c16-9-17-13-7-3-6-12-14(13)11-5-2-1-4-10(11)8-15-12/h1-8H. The highest BCUT2D eigenvalue weighted by atomic mass is 16.5. The summed E-state index contributed by atoms with van der Waals surface area (Å²) >= 11 is 0. The van der Waals surface area contributed by atoms with Crippen LogP contribution in [0.1, 0.15) is 0 Å². The lowest BCUT2D eigenvalue weighted by Gasteiger charge is -2.06. The first-order valence-corrected chi connectivity index (χ1v) is 5.20. The second kappa shape index (κ2) is 3.87. The maximum atomic E-state index is 10.4. The molecule has 0 aliphatic rings. The van der Waals surface area contributed by atoms with Crippen LogP contribution >= 0.6 is 0 Å². The summed E-state index contributed by atoms with van der Waals surface area (Å²) < 4.78 is 4.88. The predicted octanol–water partition coefficient (Wildman–Crippen LogP) is 2.83. The number of aromatic nitrogens is 1. The Hall–Kier alpha value is -2.42. The normalized spacial score (nSPS) is 10.6. The quantitative estimate of drug-likeness (QED) is 0.626. The van der Waals surface area contributed by atoms with Gasteiger partial charge in [0.25, 0.3) is 0 Å². The van der Waals surface area contributed by atoms with Crippen molar-refractivity contribution in [2.24, 2.45) is 0 Å². The topological polar surface area (TPSA) is 39.2 Å². The second-order valence-electron chi connectivity index (χ2n) is 3.68. The summed E-state index contributed by atoms with van der Waals surface area (Å²) in [6.45, 7) is 1.46. The van der Waals surface area contributed by atoms with E-state index in [4.69, 9.17) is 4.74 Å². The first-order valence-electron chi connectivity index (χ1n) is 5.20. The Balaban J connectivity index is 2.49. The van der Waals surface area contributed by atoms with E-state index in [0.717, 1.165) is 21.7 Å². The summed E-state index contributed by atoms with van der Waals surface area (Å²) in [5, 5.41) is 2.87. The average molecular weight is 222 g/mol. The van der Waals surface area contributed by atoms with Crippen molar-refractivity contribution in [1.82, 2.24) is 4.98 Å². The fraction of sp³-hybridized carbons (Fsp3) is 0. The van der Waals surface area contributed by atoms with Crippen molar-refractivity contribution in [2.75, 3.05) is 0 Å². The molecule has 3 nitrogen and oxygen atoms in total. The molecule has 0 amide bonds. The van der Waals surface area contributed by atoms with Gasteiger partial charge in [0.1, 0.15) is 5.75 Å². The predicted molar refractivity (Wildman–Crippen MR) is 65.6 cm³/mol. The smallest absolute Gasteiger partial charge is 0.417 e. The molecule has 0 bridgehead atoms. The maximum absolute atomic E-state index is 10.4. The van der Waals surface area contributed by atoms with E-state index < -0.39 is 0 Å². The lowest BCUT2D eigenvalue weighted by Crippen LogP contribution is -1.91. The number of nitrogens with zero attached hydrogens (tertiary/aromatic N) is 1. The molecule has 81 valence electrons. The van der Waals surface area contributed by atoms with E-state index in [1.165, 1.54) is 6.47 Å². The highest BCUT2D eigenvalue weighted by Gasteiger charge is 2.07. The molecule has 3 rings (SSSR count). The van der Waals surface area contributed by atoms with Gasteiger partial charge < -0.3 is 4.74 Å². The number of hydrogen-bond donors (Lipinski definition) is 0. The summed E-state index contributed by atoms with van der Waals surface area (Å²) in [5.41, 5.74) is 0.802. The zero-order chi connectivity index (χ0) is 11.7. The van der Waals surface area contributed by atoms with E-state index in [1.807, 2.05) is 36.5 Å². The molecule has 3 heteroatoms. The number of rotatable bonds is 2. The highest BCUT2D eigenvalue weighted by Crippen LogP contribution is 2.30. The van der Waals surface area contributed by atoms with Crippen LogP contribution in [0, 0.1) is 0 Å². The number of ether oxygens (including phenoxy) is 1. The van der Waals surface area contributed by atoms with Gasteiger partial charge in [0, 0.05) is 11.6 Å². The van der Waals surface area contributed by atoms with Crippen molar-refractivity contribution >= 4 is 28.1 Å². The van der Waals surface area contributed by atoms with Gasteiger partial charge >= 0.3 is 6.47 Å². The van der Waals surface area contributed by atoms with E-state index in [-0.39, 0.29) is 0 Å². The molecule has 0 atom stereocenters. The van der Waals surface area contributed by atoms with Gasteiger partial charge in [-0.2, -0.15) is 0 Å². The maximum Gasteiger partial charge on any atom is 0.423 e. The molecular weight excluding hydrogens is 214 g/mol. The van der Waals surface area contributed by atoms with Crippen LogP contribution in [0.5, 0.6) is 5.75 Å². The van der Waals surface area contributed by atoms with E-state index in [2.05, 4.69) is 4.98 Å². The van der Waals surface area contributed by atoms with E-state index in [1.54, 1.807) is 12.1 Å². The van der Waals surface area contributed by atoms with Crippen molar-refractivity contribution in [3.8, 4) is 5.75 Å². The third kappa shape index (κ3) is 1.52. The van der Waals surface area contributed by atoms with Crippen molar-refractivity contribution in [1.29, 1.82) is 0 Å². The summed E-state index contributed by atoms with van der Waals surface area (Å²) in [6, 6.07) is 13.3. The largest absolute Gasteiger partial charge is 0.423 e. The number of fused-ring (bicyclic) bond motifs is 3. The van der Waals surface area contributed by atoms with Gasteiger partial charge in [0.15, 0.2) is 0 Å². The monoisotopic (exact) mass is 222 g/mol. The minimum absolute atomic E-state index is 0.488. The minimum Gasteiger partial charge on any atom is -0.417 e. The molecule has 1 radical (unpaired) electrons. The first kappa shape index (κ1) is 9.78. The van der Waals surface area contributed by atoms with Crippen LogP contribution in [0.4, 0.5) is 0 Å². The van der Waals surface area contributed by atoms with Crippen molar-refractivity contribution < 1.29 is 9.53 Å². The summed E-state index contributed by atoms with van der Waals surface area (Å²) in [4.78, 5) is 14.7. The lowest BCUT2D eigenvalue weighted by atomic mass is 10.1. The fourth-order valence-electron chi connectivity index (χ4n) is 2.00. The molecule has 0 N–H and O–H groups in total. The molecule has 1 aromatic heterocycles. The molecule has 2 aromatic carbocycles. The molecule has 0 saturated heterocycles. The third-order valence-corrected chi connectivity index (χ3v) is 2.73. The molecule has 0 aliphatic heterocycles. The lowest BCUT2D eigenvalue weighted by molar-refractivity contribution is 0.445. The van der Waals surface area contributed by atoms with E-state index in [9.17, 15) is 4.79 Å². The highest BCUT2D eigenvalue weighted by molar-refractivity contribution is 6.08. The van der Waals surface area contributed by atoms with Crippen molar-refractivity contribution in [3.05, 3.63) is 48.7 Å². The van der Waals surface area contributed by atoms with Gasteiger partial charge in [-0.05, 0) is 17.5 Å². The van der Waals surface area contributed by atoms with Gasteiger partial charge in [-0.1, -0.05) is 30.3 Å². The zero-order valence-corrected chi connectivity index (χ0v) is 8.88. The number of hydrogen-bond acceptors (Lipinski definition) is 3.